The number of nitrogens with zero attached hydrogens (tertiary/aromatic N) is 1. The van der Waals surface area contributed by atoms with Gasteiger partial charge in [0, 0.05) is 16.6 Å². The first kappa shape index (κ1) is 26.9. The number of aryl methyl sites for hydroxylation is 1. The normalized spacial score (nSPS) is 12.3. The lowest BCUT2D eigenvalue weighted by Gasteiger charge is -2.15. The maximum absolute atomic E-state index is 13.6. The summed E-state index contributed by atoms with van der Waals surface area (Å²) in [6, 6.07) is 15.2. The number of ether oxygens (including phenoxy) is 1. The van der Waals surface area contributed by atoms with Crippen molar-refractivity contribution in [1.29, 1.82) is 0 Å². The molecule has 0 aliphatic carbocycles. The molecule has 3 aromatic carbocycles. The molecule has 4 rings (SSSR count). The molecule has 0 spiro atoms. The summed E-state index contributed by atoms with van der Waals surface area (Å²) in [5.74, 6) is 0.839. The number of para-hydroxylation sites is 1. The van der Waals surface area contributed by atoms with Crippen LogP contribution in [0.3, 0.4) is 0 Å². The lowest BCUT2D eigenvalue weighted by atomic mass is 9.95. The Bertz CT molecular complexity index is 1570. The van der Waals surface area contributed by atoms with E-state index in [0.717, 1.165) is 6.07 Å². The second kappa shape index (κ2) is 10.3. The lowest BCUT2D eigenvalue weighted by molar-refractivity contribution is -0.136. The number of pyridine rings is 1. The molecule has 0 fully saturated rings. The molecule has 0 unspecified atom stereocenters. The monoisotopic (exact) mass is 547 g/mol. The van der Waals surface area contributed by atoms with Crippen LogP contribution in [0.15, 0.2) is 71.8 Å². The van der Waals surface area contributed by atoms with Gasteiger partial charge >= 0.3 is 6.18 Å². The Hall–Kier alpha value is -3.10. The molecular weight excluding hydrogens is 523 g/mol. The number of benzene rings is 3. The fraction of sp³-hybridized carbons (Fsp3) is 0.250. The molecule has 1 heterocycles. The summed E-state index contributed by atoms with van der Waals surface area (Å²) >= 11 is 6.21. The third-order valence-corrected chi connectivity index (χ3v) is 7.86. The number of halogens is 4. The minimum Gasteiger partial charge on any atom is -0.457 e. The highest BCUT2D eigenvalue weighted by atomic mass is 35.5. The molecule has 0 atom stereocenters. The molecule has 9 heteroatoms. The van der Waals surface area contributed by atoms with Gasteiger partial charge in [-0.2, -0.15) is 13.2 Å². The zero-order valence-electron chi connectivity index (χ0n) is 20.4. The average Bonchev–Trinajstić information content (AvgIpc) is 2.81. The van der Waals surface area contributed by atoms with E-state index in [1.165, 1.54) is 30.5 Å². The Labute approximate surface area is 219 Å². The van der Waals surface area contributed by atoms with Crippen LogP contribution >= 0.6 is 11.6 Å². The van der Waals surface area contributed by atoms with Gasteiger partial charge in [0.1, 0.15) is 11.5 Å². The van der Waals surface area contributed by atoms with Gasteiger partial charge in [0.2, 0.25) is 0 Å². The second-order valence-corrected chi connectivity index (χ2v) is 11.8. The van der Waals surface area contributed by atoms with Crippen molar-refractivity contribution in [1.82, 2.24) is 4.98 Å². The van der Waals surface area contributed by atoms with E-state index in [1.54, 1.807) is 37.3 Å². The van der Waals surface area contributed by atoms with E-state index < -0.39 is 21.6 Å². The van der Waals surface area contributed by atoms with Gasteiger partial charge < -0.3 is 4.74 Å². The van der Waals surface area contributed by atoms with Gasteiger partial charge in [-0.15, -0.1) is 0 Å². The van der Waals surface area contributed by atoms with E-state index >= 15 is 0 Å². The van der Waals surface area contributed by atoms with Crippen LogP contribution in [0.1, 0.15) is 31.4 Å². The van der Waals surface area contributed by atoms with Gasteiger partial charge in [-0.1, -0.05) is 49.7 Å². The molecule has 37 heavy (non-hydrogen) atoms. The Kier molecular flexibility index (Phi) is 7.53. The SMILES string of the molecule is Cc1cnc2c(C(F)(F)F)cccc2c1-c1cccc(Oc2cc(Cl)cc(S(=O)(=O)CCC(C)C)c2)c1. The molecule has 4 aromatic rings. The fourth-order valence-corrected chi connectivity index (χ4v) is 5.98. The van der Waals surface area contributed by atoms with Crippen LogP contribution in [0.4, 0.5) is 13.2 Å². The van der Waals surface area contributed by atoms with Gasteiger partial charge in [0.05, 0.1) is 21.7 Å². The molecule has 0 amide bonds. The molecule has 4 nitrogen and oxygen atoms in total. The zero-order chi connectivity index (χ0) is 27.0. The number of hydrogen-bond acceptors (Lipinski definition) is 4. The van der Waals surface area contributed by atoms with E-state index in [4.69, 9.17) is 16.3 Å². The number of hydrogen-bond donors (Lipinski definition) is 0. The predicted molar refractivity (Wildman–Crippen MR) is 140 cm³/mol. The summed E-state index contributed by atoms with van der Waals surface area (Å²) in [5.41, 5.74) is 1.00. The molecule has 0 aliphatic rings. The van der Waals surface area contributed by atoms with Crippen LogP contribution in [0.5, 0.6) is 11.5 Å². The Balaban J connectivity index is 1.73. The number of aromatic nitrogens is 1. The number of sulfone groups is 1. The standard InChI is InChI=1S/C28H25ClF3NO3S/c1-17(2)10-11-37(34,35)23-14-20(29)13-22(15-23)36-21-7-4-6-19(12-21)26-18(3)16-33-27-24(26)8-5-9-25(27)28(30,31)32/h4-9,12-17H,10-11H2,1-3H3. The van der Waals surface area contributed by atoms with E-state index in [0.29, 0.717) is 34.2 Å². The van der Waals surface area contributed by atoms with Crippen molar-refractivity contribution in [2.75, 3.05) is 5.75 Å². The molecule has 0 saturated heterocycles. The molecular formula is C28H25ClF3NO3S. The summed E-state index contributed by atoms with van der Waals surface area (Å²) in [6.07, 6.45) is -2.60. The average molecular weight is 548 g/mol. The largest absolute Gasteiger partial charge is 0.457 e. The lowest BCUT2D eigenvalue weighted by Crippen LogP contribution is -2.09. The highest BCUT2D eigenvalue weighted by molar-refractivity contribution is 7.91. The van der Waals surface area contributed by atoms with Crippen LogP contribution in [0.25, 0.3) is 22.0 Å². The third kappa shape index (κ3) is 6.08. The van der Waals surface area contributed by atoms with Crippen molar-refractivity contribution in [2.24, 2.45) is 5.92 Å². The van der Waals surface area contributed by atoms with Crippen LogP contribution in [0.2, 0.25) is 5.02 Å². The summed E-state index contributed by atoms with van der Waals surface area (Å²) in [6.45, 7) is 5.68. The number of alkyl halides is 3. The first-order valence-electron chi connectivity index (χ1n) is 11.6. The molecule has 0 bridgehead atoms. The van der Waals surface area contributed by atoms with Gasteiger partial charge in [-0.25, -0.2) is 8.42 Å². The van der Waals surface area contributed by atoms with E-state index in [1.807, 2.05) is 13.8 Å². The van der Waals surface area contributed by atoms with Crippen molar-refractivity contribution < 1.29 is 26.3 Å². The quantitative estimate of drug-likeness (QED) is 0.233. The highest BCUT2D eigenvalue weighted by Gasteiger charge is 2.33. The third-order valence-electron chi connectivity index (χ3n) is 5.92. The molecule has 0 radical (unpaired) electrons. The van der Waals surface area contributed by atoms with Gasteiger partial charge in [-0.3, -0.25) is 4.98 Å². The maximum atomic E-state index is 13.6. The highest BCUT2D eigenvalue weighted by Crippen LogP contribution is 2.39. The van der Waals surface area contributed by atoms with Crippen molar-refractivity contribution in [3.63, 3.8) is 0 Å². The number of fused-ring (bicyclic) bond motifs is 1. The Morgan fingerprint density at radius 3 is 2.43 bits per heavy atom. The van der Waals surface area contributed by atoms with Gasteiger partial charge in [-0.05, 0) is 72.4 Å². The summed E-state index contributed by atoms with van der Waals surface area (Å²) in [7, 11) is -3.55. The van der Waals surface area contributed by atoms with Gasteiger partial charge in [0.15, 0.2) is 9.84 Å². The summed E-state index contributed by atoms with van der Waals surface area (Å²) < 4.78 is 72.3. The van der Waals surface area contributed by atoms with Crippen molar-refractivity contribution in [3.05, 3.63) is 83.0 Å². The maximum Gasteiger partial charge on any atom is 0.418 e. The van der Waals surface area contributed by atoms with Crippen LogP contribution in [-0.2, 0) is 16.0 Å². The van der Waals surface area contributed by atoms with E-state index in [-0.39, 0.29) is 32.9 Å². The fourth-order valence-electron chi connectivity index (χ4n) is 4.07. The molecule has 1 aromatic heterocycles. The summed E-state index contributed by atoms with van der Waals surface area (Å²) in [4.78, 5) is 4.14. The first-order chi connectivity index (χ1) is 17.3. The van der Waals surface area contributed by atoms with Gasteiger partial charge in [0.25, 0.3) is 0 Å². The van der Waals surface area contributed by atoms with Crippen molar-refractivity contribution in [2.45, 2.75) is 38.3 Å². The van der Waals surface area contributed by atoms with E-state index in [9.17, 15) is 21.6 Å². The number of rotatable bonds is 7. The Morgan fingerprint density at radius 1 is 1.00 bits per heavy atom. The predicted octanol–water partition coefficient (Wildman–Crippen LogP) is 8.49. The van der Waals surface area contributed by atoms with Crippen LogP contribution < -0.4 is 4.74 Å². The molecule has 0 N–H and O–H groups in total. The summed E-state index contributed by atoms with van der Waals surface area (Å²) in [5, 5.41) is 0.584. The molecule has 0 saturated carbocycles. The molecule has 0 aliphatic heterocycles. The second-order valence-electron chi connectivity index (χ2n) is 9.27. The smallest absolute Gasteiger partial charge is 0.418 e. The van der Waals surface area contributed by atoms with Crippen LogP contribution in [0, 0.1) is 12.8 Å². The van der Waals surface area contributed by atoms with Crippen molar-refractivity contribution >= 4 is 32.3 Å². The first-order valence-corrected chi connectivity index (χ1v) is 13.7. The minimum atomic E-state index is -4.54. The molecule has 194 valence electrons. The van der Waals surface area contributed by atoms with Crippen LogP contribution in [-0.4, -0.2) is 19.2 Å². The van der Waals surface area contributed by atoms with Crippen molar-refractivity contribution in [3.8, 4) is 22.6 Å². The zero-order valence-corrected chi connectivity index (χ0v) is 22.0. The van der Waals surface area contributed by atoms with E-state index in [2.05, 4.69) is 4.98 Å². The Morgan fingerprint density at radius 2 is 1.73 bits per heavy atom. The topological polar surface area (TPSA) is 56.3 Å². The minimum absolute atomic E-state index is 0.00571.